The normalized spacial score (nSPS) is 14.3. The quantitative estimate of drug-likeness (QED) is 0.174. The summed E-state index contributed by atoms with van der Waals surface area (Å²) in [5, 5.41) is 5.14. The number of amides is 2. The molecular weight excluding hydrogens is 569 g/mol. The number of carbonyl (C=O) groups excluding carboxylic acids is 3. The third-order valence-corrected chi connectivity index (χ3v) is 8.59. The van der Waals surface area contributed by atoms with E-state index in [0.29, 0.717) is 25.1 Å². The van der Waals surface area contributed by atoms with E-state index in [1.165, 1.54) is 13.0 Å². The molecular formula is C36H36FN5O3. The Morgan fingerprint density at radius 2 is 1.78 bits per heavy atom. The molecule has 3 aromatic carbocycles. The number of aromatic amines is 2. The summed E-state index contributed by atoms with van der Waals surface area (Å²) in [4.78, 5) is 48.2. The second kappa shape index (κ2) is 13.3. The van der Waals surface area contributed by atoms with Crippen LogP contribution in [0.4, 0.5) is 4.39 Å². The molecule has 3 heterocycles. The zero-order chi connectivity index (χ0) is 31.3. The third kappa shape index (κ3) is 6.89. The lowest BCUT2D eigenvalue weighted by Crippen LogP contribution is -2.49. The number of carbonyl (C=O) groups is 3. The van der Waals surface area contributed by atoms with Gasteiger partial charge in [-0.15, -0.1) is 0 Å². The number of aldehydes is 1. The van der Waals surface area contributed by atoms with Crippen LogP contribution in [0.3, 0.4) is 0 Å². The van der Waals surface area contributed by atoms with Crippen molar-refractivity contribution >= 4 is 45.5 Å². The summed E-state index contributed by atoms with van der Waals surface area (Å²) >= 11 is 0. The Balaban J connectivity index is 1.16. The highest BCUT2D eigenvalue weighted by Gasteiger charge is 2.23. The summed E-state index contributed by atoms with van der Waals surface area (Å²) in [5.41, 5.74) is 6.37. The van der Waals surface area contributed by atoms with Crippen LogP contribution in [0.15, 0.2) is 85.2 Å². The fourth-order valence-electron chi connectivity index (χ4n) is 6.23. The summed E-state index contributed by atoms with van der Waals surface area (Å²) in [5.74, 6) is -0.529. The van der Waals surface area contributed by atoms with Crippen molar-refractivity contribution in [2.75, 3.05) is 26.2 Å². The fraction of sp³-hybridized carbons (Fsp3) is 0.250. The number of H-pyrrole nitrogens is 2. The summed E-state index contributed by atoms with van der Waals surface area (Å²) in [6.07, 6.45) is 8.04. The smallest absolute Gasteiger partial charge is 0.234 e. The molecule has 0 fully saturated rings. The van der Waals surface area contributed by atoms with Gasteiger partial charge in [-0.05, 0) is 53.8 Å². The van der Waals surface area contributed by atoms with Crippen LogP contribution < -0.4 is 5.32 Å². The Bertz CT molecular complexity index is 1890. The van der Waals surface area contributed by atoms with Crippen LogP contribution in [0.5, 0.6) is 0 Å². The number of nitrogens with one attached hydrogen (secondary N) is 3. The van der Waals surface area contributed by atoms with Gasteiger partial charge in [0.05, 0.1) is 12.6 Å². The van der Waals surface area contributed by atoms with Gasteiger partial charge in [-0.25, -0.2) is 4.39 Å². The van der Waals surface area contributed by atoms with Crippen molar-refractivity contribution in [2.24, 2.45) is 0 Å². The van der Waals surface area contributed by atoms with Gasteiger partial charge in [-0.3, -0.25) is 19.3 Å². The van der Waals surface area contributed by atoms with Gasteiger partial charge in [0.2, 0.25) is 11.8 Å². The number of halogens is 1. The van der Waals surface area contributed by atoms with Crippen molar-refractivity contribution in [3.63, 3.8) is 0 Å². The number of nitrogens with zero attached hydrogens (tertiary/aromatic N) is 2. The average Bonchev–Trinajstić information content (AvgIpc) is 3.65. The molecule has 8 nitrogen and oxygen atoms in total. The molecule has 2 aromatic heterocycles. The van der Waals surface area contributed by atoms with Gasteiger partial charge in [0.25, 0.3) is 0 Å². The molecule has 0 saturated heterocycles. The summed E-state index contributed by atoms with van der Waals surface area (Å²) < 4.78 is 13.9. The van der Waals surface area contributed by atoms with Crippen molar-refractivity contribution in [1.29, 1.82) is 0 Å². The Morgan fingerprint density at radius 1 is 1.00 bits per heavy atom. The number of para-hydroxylation sites is 1. The molecule has 0 aliphatic carbocycles. The maximum Gasteiger partial charge on any atom is 0.234 e. The maximum absolute atomic E-state index is 13.9. The second-order valence-electron chi connectivity index (χ2n) is 11.7. The molecule has 0 bridgehead atoms. The van der Waals surface area contributed by atoms with Gasteiger partial charge in [-0.2, -0.15) is 0 Å². The molecule has 9 heteroatoms. The van der Waals surface area contributed by atoms with Crippen LogP contribution in [0, 0.1) is 5.82 Å². The van der Waals surface area contributed by atoms with Crippen LogP contribution >= 0.6 is 0 Å². The lowest BCUT2D eigenvalue weighted by Gasteiger charge is -2.30. The van der Waals surface area contributed by atoms with E-state index < -0.39 is 0 Å². The number of benzene rings is 3. The van der Waals surface area contributed by atoms with E-state index in [1.54, 1.807) is 29.2 Å². The van der Waals surface area contributed by atoms with Crippen molar-refractivity contribution in [3.05, 3.63) is 113 Å². The first-order valence-electron chi connectivity index (χ1n) is 15.2. The first-order valence-corrected chi connectivity index (χ1v) is 15.2. The van der Waals surface area contributed by atoms with E-state index in [1.807, 2.05) is 48.8 Å². The highest BCUT2D eigenvalue weighted by Crippen LogP contribution is 2.30. The Labute approximate surface area is 260 Å². The molecule has 1 aliphatic rings. The zero-order valence-electron chi connectivity index (χ0n) is 25.2. The standard InChI is InChI=1S/C36H36FN5O3/c1-24(44)42(20-26-6-2-3-7-27(26)23-43)21-30(16-28-18-38-34-9-5-4-8-31(28)34)40-36(45)22-41-14-12-25(13-15-41)33-19-39-35-11-10-29(37)17-32(33)35/h2-12,17-19,23,30,38-39H,13-16,20-22H2,1H3,(H,40,45)/t30-/m1/s1. The number of hydrogen-bond acceptors (Lipinski definition) is 4. The monoisotopic (exact) mass is 605 g/mol. The highest BCUT2D eigenvalue weighted by atomic mass is 19.1. The molecule has 1 atom stereocenters. The van der Waals surface area contributed by atoms with Crippen molar-refractivity contribution in [1.82, 2.24) is 25.1 Å². The molecule has 0 spiro atoms. The molecule has 45 heavy (non-hydrogen) atoms. The Kier molecular flexibility index (Phi) is 8.89. The average molecular weight is 606 g/mol. The van der Waals surface area contributed by atoms with Crippen LogP contribution in [0.2, 0.25) is 0 Å². The summed E-state index contributed by atoms with van der Waals surface area (Å²) in [6.45, 7) is 3.56. The first-order chi connectivity index (χ1) is 21.9. The molecule has 3 N–H and O–H groups in total. The minimum absolute atomic E-state index is 0.123. The molecule has 6 rings (SSSR count). The van der Waals surface area contributed by atoms with E-state index in [-0.39, 0.29) is 43.3 Å². The third-order valence-electron chi connectivity index (χ3n) is 8.59. The highest BCUT2D eigenvalue weighted by molar-refractivity contribution is 5.93. The predicted molar refractivity (Wildman–Crippen MR) is 174 cm³/mol. The Hall–Kier alpha value is -5.02. The van der Waals surface area contributed by atoms with E-state index in [9.17, 15) is 18.8 Å². The summed E-state index contributed by atoms with van der Waals surface area (Å²) in [7, 11) is 0. The van der Waals surface area contributed by atoms with Crippen molar-refractivity contribution < 1.29 is 18.8 Å². The molecule has 0 unspecified atom stereocenters. The second-order valence-corrected chi connectivity index (χ2v) is 11.7. The van der Waals surface area contributed by atoms with Crippen LogP contribution in [0.25, 0.3) is 27.4 Å². The van der Waals surface area contributed by atoms with Gasteiger partial charge < -0.3 is 20.2 Å². The molecule has 0 saturated carbocycles. The minimum Gasteiger partial charge on any atom is -0.361 e. The van der Waals surface area contributed by atoms with Crippen molar-refractivity contribution in [2.45, 2.75) is 32.4 Å². The lowest BCUT2D eigenvalue weighted by molar-refractivity contribution is -0.131. The number of fused-ring (bicyclic) bond motifs is 2. The van der Waals surface area contributed by atoms with E-state index in [2.05, 4.69) is 26.3 Å². The largest absolute Gasteiger partial charge is 0.361 e. The molecule has 2 amide bonds. The van der Waals surface area contributed by atoms with Gasteiger partial charge in [-0.1, -0.05) is 48.5 Å². The van der Waals surface area contributed by atoms with Crippen LogP contribution in [-0.4, -0.2) is 70.1 Å². The molecule has 5 aromatic rings. The Morgan fingerprint density at radius 3 is 2.58 bits per heavy atom. The van der Waals surface area contributed by atoms with Gasteiger partial charge in [0, 0.05) is 78.4 Å². The molecule has 230 valence electrons. The molecule has 0 radical (unpaired) electrons. The maximum atomic E-state index is 13.9. The number of hydrogen-bond donors (Lipinski definition) is 3. The first kappa shape index (κ1) is 30.0. The molecule has 1 aliphatic heterocycles. The number of aromatic nitrogens is 2. The van der Waals surface area contributed by atoms with Gasteiger partial charge >= 0.3 is 0 Å². The van der Waals surface area contributed by atoms with Gasteiger partial charge in [0.1, 0.15) is 12.1 Å². The van der Waals surface area contributed by atoms with Crippen LogP contribution in [-0.2, 0) is 22.6 Å². The zero-order valence-corrected chi connectivity index (χ0v) is 25.2. The minimum atomic E-state index is -0.360. The van der Waals surface area contributed by atoms with Gasteiger partial charge in [0.15, 0.2) is 0 Å². The lowest BCUT2D eigenvalue weighted by atomic mass is 9.99. The number of rotatable bonds is 11. The fourth-order valence-corrected chi connectivity index (χ4v) is 6.23. The predicted octanol–water partition coefficient (Wildman–Crippen LogP) is 5.47. The topological polar surface area (TPSA) is 101 Å². The van der Waals surface area contributed by atoms with E-state index in [0.717, 1.165) is 56.8 Å². The summed E-state index contributed by atoms with van der Waals surface area (Å²) in [6, 6.07) is 19.6. The van der Waals surface area contributed by atoms with Crippen molar-refractivity contribution in [3.8, 4) is 0 Å². The van der Waals surface area contributed by atoms with E-state index in [4.69, 9.17) is 0 Å². The van der Waals surface area contributed by atoms with Crippen LogP contribution in [0.1, 0.15) is 40.4 Å². The SMILES string of the molecule is CC(=O)N(Cc1ccccc1C=O)C[C@@H](Cc1c[nH]c2ccccc12)NC(=O)CN1CC=C(c2c[nH]c3ccc(F)cc23)CC1. The van der Waals surface area contributed by atoms with E-state index >= 15 is 0 Å².